The molecular weight excluding hydrogens is 488 g/mol. The molecule has 1 heterocycles. The van der Waals surface area contributed by atoms with Crippen molar-refractivity contribution in [2.45, 2.75) is 17.6 Å². The molecule has 0 fully saturated rings. The van der Waals surface area contributed by atoms with Crippen LogP contribution in [0.3, 0.4) is 0 Å². The number of nitrogens with zero attached hydrogens (tertiary/aromatic N) is 2. The van der Waals surface area contributed by atoms with Gasteiger partial charge in [0.1, 0.15) is 6.10 Å². The second-order valence-electron chi connectivity index (χ2n) is 8.45. The van der Waals surface area contributed by atoms with E-state index in [1.807, 2.05) is 42.5 Å². The van der Waals surface area contributed by atoms with Crippen molar-refractivity contribution in [2.75, 3.05) is 6.26 Å². The molecule has 0 N–H and O–H groups in total. The summed E-state index contributed by atoms with van der Waals surface area (Å²) in [6.45, 7) is 0.288. The summed E-state index contributed by atoms with van der Waals surface area (Å²) in [6.07, 6.45) is 2.59. The molecule has 1 aromatic heterocycles. The highest BCUT2D eigenvalue weighted by molar-refractivity contribution is 7.90. The third-order valence-electron chi connectivity index (χ3n) is 6.02. The van der Waals surface area contributed by atoms with Gasteiger partial charge in [-0.05, 0) is 51.7 Å². The second-order valence-corrected chi connectivity index (χ2v) is 11.4. The van der Waals surface area contributed by atoms with Crippen molar-refractivity contribution in [2.24, 2.45) is 0 Å². The van der Waals surface area contributed by atoms with E-state index < -0.39 is 15.9 Å². The molecule has 0 saturated heterocycles. The quantitative estimate of drug-likeness (QED) is 0.248. The van der Waals surface area contributed by atoms with Gasteiger partial charge in [0.05, 0.1) is 33.5 Å². The van der Waals surface area contributed by atoms with Crippen LogP contribution in [0.5, 0.6) is 0 Å². The van der Waals surface area contributed by atoms with Crippen molar-refractivity contribution in [3.63, 3.8) is 0 Å². The Morgan fingerprint density at radius 2 is 1.75 bits per heavy atom. The molecule has 0 spiro atoms. The van der Waals surface area contributed by atoms with E-state index >= 15 is 0 Å². The first kappa shape index (κ1) is 23.9. The number of sulfone groups is 1. The zero-order valence-electron chi connectivity index (χ0n) is 19.5. The lowest BCUT2D eigenvalue weighted by Gasteiger charge is -2.19. The number of nitriles is 1. The zero-order valence-corrected chi connectivity index (χ0v) is 21.1. The van der Waals surface area contributed by atoms with Crippen LogP contribution in [0.1, 0.15) is 27.7 Å². The van der Waals surface area contributed by atoms with E-state index in [0.717, 1.165) is 37.9 Å². The molecule has 178 valence electrons. The van der Waals surface area contributed by atoms with Gasteiger partial charge in [0.25, 0.3) is 0 Å². The Labute approximate surface area is 214 Å². The fraction of sp³-hybridized carbons (Fsp3) is 0.103. The molecule has 36 heavy (non-hydrogen) atoms. The van der Waals surface area contributed by atoms with Gasteiger partial charge in [-0.25, -0.2) is 8.42 Å². The van der Waals surface area contributed by atoms with Crippen molar-refractivity contribution < 1.29 is 13.2 Å². The normalized spacial score (nSPS) is 12.3. The first-order valence-corrected chi connectivity index (χ1v) is 14.0. The average molecular weight is 511 g/mol. The Bertz CT molecular complexity index is 1670. The summed E-state index contributed by atoms with van der Waals surface area (Å²) in [7, 11) is -3.26. The molecule has 0 amide bonds. The van der Waals surface area contributed by atoms with Crippen LogP contribution in [-0.2, 0) is 21.2 Å². The molecular formula is C29H22N2O3S2. The van der Waals surface area contributed by atoms with Crippen LogP contribution in [0, 0.1) is 11.3 Å². The van der Waals surface area contributed by atoms with E-state index in [4.69, 9.17) is 4.74 Å². The summed E-state index contributed by atoms with van der Waals surface area (Å²) in [5.74, 6) is 0. The molecule has 0 bridgehead atoms. The van der Waals surface area contributed by atoms with Crippen LogP contribution in [-0.4, -0.2) is 19.7 Å². The highest BCUT2D eigenvalue weighted by Crippen LogP contribution is 2.36. The first-order valence-electron chi connectivity index (χ1n) is 11.3. The predicted octanol–water partition coefficient (Wildman–Crippen LogP) is 6.54. The van der Waals surface area contributed by atoms with Crippen LogP contribution in [0.15, 0.2) is 102 Å². The van der Waals surface area contributed by atoms with E-state index in [9.17, 15) is 13.7 Å². The number of aromatic nitrogens is 1. The fourth-order valence-electron chi connectivity index (χ4n) is 4.22. The van der Waals surface area contributed by atoms with Gasteiger partial charge in [-0.1, -0.05) is 60.7 Å². The number of fused-ring (bicyclic) bond motifs is 1. The highest BCUT2D eigenvalue weighted by atomic mass is 32.2. The molecule has 0 radical (unpaired) electrons. The number of hydrogen-bond donors (Lipinski definition) is 0. The molecule has 0 aliphatic rings. The molecule has 5 aromatic rings. The SMILES string of the molecule is CS(=O)(=O)c1ccc(COC(c2ccc(C#N)c(-c3cccc4ccccc34)c2)c2cncs2)cc1. The number of rotatable bonds is 7. The van der Waals surface area contributed by atoms with Crippen molar-refractivity contribution >= 4 is 31.9 Å². The maximum Gasteiger partial charge on any atom is 0.175 e. The van der Waals surface area contributed by atoms with Crippen molar-refractivity contribution in [1.82, 2.24) is 4.98 Å². The minimum Gasteiger partial charge on any atom is -0.363 e. The summed E-state index contributed by atoms with van der Waals surface area (Å²) >= 11 is 1.50. The molecule has 5 rings (SSSR count). The Kier molecular flexibility index (Phi) is 6.66. The van der Waals surface area contributed by atoms with Gasteiger partial charge in [-0.3, -0.25) is 4.98 Å². The van der Waals surface area contributed by atoms with E-state index in [1.165, 1.54) is 17.6 Å². The molecule has 0 aliphatic heterocycles. The maximum absolute atomic E-state index is 11.8. The van der Waals surface area contributed by atoms with Gasteiger partial charge in [0, 0.05) is 18.0 Å². The van der Waals surface area contributed by atoms with E-state index in [1.54, 1.807) is 36.0 Å². The molecule has 5 nitrogen and oxygen atoms in total. The topological polar surface area (TPSA) is 80.0 Å². The number of ether oxygens (including phenoxy) is 1. The largest absolute Gasteiger partial charge is 0.363 e. The Morgan fingerprint density at radius 1 is 0.972 bits per heavy atom. The standard InChI is InChI=1S/C29H22N2O3S2/c1-36(32,33)24-13-9-20(10-14-24)18-34-29(28-17-31-19-35-28)22-11-12-23(16-30)27(15-22)26-8-4-6-21-5-2-3-7-25(21)26/h2-15,17,19,29H,18H2,1H3. The summed E-state index contributed by atoms with van der Waals surface area (Å²) in [6, 6.07) is 29.1. The number of benzene rings is 4. The van der Waals surface area contributed by atoms with Gasteiger partial charge in [0.15, 0.2) is 9.84 Å². The van der Waals surface area contributed by atoms with Crippen molar-refractivity contribution in [3.8, 4) is 17.2 Å². The highest BCUT2D eigenvalue weighted by Gasteiger charge is 2.20. The summed E-state index contributed by atoms with van der Waals surface area (Å²) < 4.78 is 29.9. The summed E-state index contributed by atoms with van der Waals surface area (Å²) in [4.78, 5) is 5.45. The Morgan fingerprint density at radius 3 is 2.47 bits per heavy atom. The smallest absolute Gasteiger partial charge is 0.175 e. The molecule has 4 aromatic carbocycles. The first-order chi connectivity index (χ1) is 17.4. The average Bonchev–Trinajstić information content (AvgIpc) is 3.43. The fourth-order valence-corrected chi connectivity index (χ4v) is 5.54. The number of thiazole rings is 1. The molecule has 7 heteroatoms. The van der Waals surface area contributed by atoms with Gasteiger partial charge in [-0.2, -0.15) is 5.26 Å². The van der Waals surface area contributed by atoms with Crippen molar-refractivity contribution in [1.29, 1.82) is 5.26 Å². The minimum absolute atomic E-state index is 0.275. The zero-order chi connectivity index (χ0) is 25.1. The Hall–Kier alpha value is -3.83. The van der Waals surface area contributed by atoms with Gasteiger partial charge in [-0.15, -0.1) is 11.3 Å². The lowest BCUT2D eigenvalue weighted by molar-refractivity contribution is 0.0689. The lowest BCUT2D eigenvalue weighted by Crippen LogP contribution is -2.06. The summed E-state index contributed by atoms with van der Waals surface area (Å²) in [5.41, 5.74) is 5.97. The molecule has 0 saturated carbocycles. The minimum atomic E-state index is -3.26. The van der Waals surface area contributed by atoms with E-state index in [-0.39, 0.29) is 11.5 Å². The molecule has 1 unspecified atom stereocenters. The number of hydrogen-bond acceptors (Lipinski definition) is 6. The maximum atomic E-state index is 11.8. The van der Waals surface area contributed by atoms with Crippen molar-refractivity contribution in [3.05, 3.63) is 118 Å². The van der Waals surface area contributed by atoms with Gasteiger partial charge < -0.3 is 4.74 Å². The monoisotopic (exact) mass is 510 g/mol. The van der Waals surface area contributed by atoms with Gasteiger partial charge >= 0.3 is 0 Å². The molecule has 0 aliphatic carbocycles. The third-order valence-corrected chi connectivity index (χ3v) is 7.97. The van der Waals surface area contributed by atoms with Gasteiger partial charge in [0.2, 0.25) is 0 Å². The van der Waals surface area contributed by atoms with Crippen LogP contribution in [0.2, 0.25) is 0 Å². The van der Waals surface area contributed by atoms with Crippen LogP contribution < -0.4 is 0 Å². The second kappa shape index (κ2) is 10.0. The Balaban J connectivity index is 1.53. The molecule has 1 atom stereocenters. The van der Waals surface area contributed by atoms with E-state index in [0.29, 0.717) is 5.56 Å². The predicted molar refractivity (Wildman–Crippen MR) is 142 cm³/mol. The van der Waals surface area contributed by atoms with Crippen LogP contribution in [0.4, 0.5) is 0 Å². The van der Waals surface area contributed by atoms with Crippen LogP contribution >= 0.6 is 11.3 Å². The van der Waals surface area contributed by atoms with Crippen LogP contribution in [0.25, 0.3) is 21.9 Å². The summed E-state index contributed by atoms with van der Waals surface area (Å²) in [5, 5.41) is 12.1. The third kappa shape index (κ3) is 4.93. The lowest BCUT2D eigenvalue weighted by atomic mass is 9.92. The van der Waals surface area contributed by atoms with E-state index in [2.05, 4.69) is 29.3 Å².